The second-order valence-corrected chi connectivity index (χ2v) is 6.06. The van der Waals surface area contributed by atoms with E-state index in [4.69, 9.17) is 0 Å². The number of aryl methyl sites for hydroxylation is 1. The first-order valence-corrected chi connectivity index (χ1v) is 8.49. The highest BCUT2D eigenvalue weighted by molar-refractivity contribution is 5.90. The number of hydrogen-bond acceptors (Lipinski definition) is 6. The van der Waals surface area contributed by atoms with E-state index in [0.717, 1.165) is 5.69 Å². The van der Waals surface area contributed by atoms with Crippen LogP contribution in [0.5, 0.6) is 0 Å². The van der Waals surface area contributed by atoms with Gasteiger partial charge in [0.05, 0.1) is 16.3 Å². The van der Waals surface area contributed by atoms with Gasteiger partial charge in [0.15, 0.2) is 0 Å². The number of rotatable bonds is 6. The molecular formula is C19H18N6O3. The topological polar surface area (TPSA) is 115 Å². The molecule has 0 aliphatic rings. The van der Waals surface area contributed by atoms with Crippen LogP contribution in [0.4, 0.5) is 22.7 Å². The zero-order valence-electron chi connectivity index (χ0n) is 15.4. The van der Waals surface area contributed by atoms with Crippen LogP contribution < -0.4 is 5.32 Å². The minimum Gasteiger partial charge on any atom is -0.324 e. The first-order chi connectivity index (χ1) is 13.4. The number of amides is 1. The van der Waals surface area contributed by atoms with Crippen LogP contribution in [0.25, 0.3) is 0 Å². The van der Waals surface area contributed by atoms with Gasteiger partial charge in [0, 0.05) is 5.69 Å². The fourth-order valence-corrected chi connectivity index (χ4v) is 2.66. The Morgan fingerprint density at radius 1 is 1.07 bits per heavy atom. The smallest absolute Gasteiger partial charge is 0.312 e. The molecule has 28 heavy (non-hydrogen) atoms. The van der Waals surface area contributed by atoms with E-state index in [9.17, 15) is 14.9 Å². The molecule has 0 saturated heterocycles. The maximum atomic E-state index is 12.2. The summed E-state index contributed by atoms with van der Waals surface area (Å²) in [6, 6.07) is 16.2. The van der Waals surface area contributed by atoms with Crippen molar-refractivity contribution in [2.45, 2.75) is 20.4 Å². The number of nitro groups is 1. The first kappa shape index (κ1) is 18.9. The van der Waals surface area contributed by atoms with Crippen molar-refractivity contribution >= 4 is 28.7 Å². The van der Waals surface area contributed by atoms with Crippen molar-refractivity contribution in [3.05, 3.63) is 76.1 Å². The Balaban J connectivity index is 1.63. The number of nitrogens with one attached hydrogen (secondary N) is 1. The van der Waals surface area contributed by atoms with Crippen LogP contribution in [0.15, 0.2) is 64.8 Å². The van der Waals surface area contributed by atoms with Crippen LogP contribution in [0.3, 0.4) is 0 Å². The van der Waals surface area contributed by atoms with Crippen molar-refractivity contribution in [3.63, 3.8) is 0 Å². The number of aromatic nitrogens is 2. The van der Waals surface area contributed by atoms with E-state index in [1.54, 1.807) is 38.1 Å². The number of carbonyl (C=O) groups is 1. The number of anilines is 1. The molecule has 0 bridgehead atoms. The number of azo groups is 1. The molecule has 0 unspecified atom stereocenters. The molecule has 0 spiro atoms. The average molecular weight is 378 g/mol. The van der Waals surface area contributed by atoms with Gasteiger partial charge in [0.1, 0.15) is 17.9 Å². The van der Waals surface area contributed by atoms with Crippen molar-refractivity contribution in [2.24, 2.45) is 10.2 Å². The van der Waals surface area contributed by atoms with Gasteiger partial charge in [-0.2, -0.15) is 15.3 Å². The van der Waals surface area contributed by atoms with Gasteiger partial charge in [-0.1, -0.05) is 18.2 Å². The fraction of sp³-hybridized carbons (Fsp3) is 0.158. The normalized spacial score (nSPS) is 10.9. The Kier molecular flexibility index (Phi) is 5.54. The van der Waals surface area contributed by atoms with Crippen molar-refractivity contribution < 1.29 is 9.72 Å². The van der Waals surface area contributed by atoms with E-state index >= 15 is 0 Å². The predicted octanol–water partition coefficient (Wildman–Crippen LogP) is 4.46. The second kappa shape index (κ2) is 8.21. The summed E-state index contributed by atoms with van der Waals surface area (Å²) in [5.41, 5.74) is 2.54. The van der Waals surface area contributed by atoms with Gasteiger partial charge >= 0.3 is 5.69 Å². The Morgan fingerprint density at radius 2 is 1.68 bits per heavy atom. The second-order valence-electron chi connectivity index (χ2n) is 6.06. The third-order valence-electron chi connectivity index (χ3n) is 4.01. The Bertz CT molecular complexity index is 1030. The van der Waals surface area contributed by atoms with Crippen LogP contribution >= 0.6 is 0 Å². The highest BCUT2D eigenvalue weighted by Crippen LogP contribution is 2.22. The molecule has 0 aliphatic carbocycles. The van der Waals surface area contributed by atoms with Gasteiger partial charge in [-0.25, -0.2) is 0 Å². The summed E-state index contributed by atoms with van der Waals surface area (Å²) in [6.45, 7) is 3.00. The summed E-state index contributed by atoms with van der Waals surface area (Å²) < 4.78 is 1.32. The van der Waals surface area contributed by atoms with Gasteiger partial charge < -0.3 is 5.32 Å². The number of benzene rings is 2. The third-order valence-corrected chi connectivity index (χ3v) is 4.01. The lowest BCUT2D eigenvalue weighted by atomic mass is 10.3. The Labute approximate surface area is 160 Å². The van der Waals surface area contributed by atoms with E-state index in [1.807, 2.05) is 30.3 Å². The predicted molar refractivity (Wildman–Crippen MR) is 104 cm³/mol. The minimum atomic E-state index is -0.491. The summed E-state index contributed by atoms with van der Waals surface area (Å²) in [5.74, 6) is -0.334. The van der Waals surface area contributed by atoms with Gasteiger partial charge in [-0.05, 0) is 50.2 Å². The molecule has 1 N–H and O–H groups in total. The van der Waals surface area contributed by atoms with Gasteiger partial charge in [-0.15, -0.1) is 0 Å². The molecule has 3 rings (SSSR count). The average Bonchev–Trinajstić information content (AvgIpc) is 2.95. The van der Waals surface area contributed by atoms with Crippen LogP contribution in [-0.2, 0) is 11.3 Å². The van der Waals surface area contributed by atoms with Crippen LogP contribution in [0.1, 0.15) is 11.4 Å². The molecule has 0 radical (unpaired) electrons. The van der Waals surface area contributed by atoms with Gasteiger partial charge in [0.2, 0.25) is 5.91 Å². The maximum Gasteiger partial charge on any atom is 0.312 e. The fourth-order valence-electron chi connectivity index (χ4n) is 2.66. The molecule has 9 heteroatoms. The number of nitrogens with zero attached hydrogens (tertiary/aromatic N) is 5. The molecule has 9 nitrogen and oxygen atoms in total. The zero-order chi connectivity index (χ0) is 20.1. The third kappa shape index (κ3) is 4.44. The molecule has 1 amide bonds. The van der Waals surface area contributed by atoms with Gasteiger partial charge in [0.25, 0.3) is 0 Å². The standard InChI is InChI=1S/C19H18N6O3/c1-13-19(25(27)28)14(2)24(23-13)12-18(26)20-15-8-10-17(11-9-15)22-21-16-6-4-3-5-7-16/h3-11H,12H2,1-2H3,(H,20,26). The molecule has 142 valence electrons. The quantitative estimate of drug-likeness (QED) is 0.387. The Hall–Kier alpha value is -3.88. The molecule has 0 atom stereocenters. The van der Waals surface area contributed by atoms with Gasteiger partial charge in [-0.3, -0.25) is 19.6 Å². The van der Waals surface area contributed by atoms with Crippen molar-refractivity contribution in [1.29, 1.82) is 0 Å². The summed E-state index contributed by atoms with van der Waals surface area (Å²) in [5, 5.41) is 26.1. The SMILES string of the molecule is Cc1nn(CC(=O)Nc2ccc(N=Nc3ccccc3)cc2)c(C)c1[N+](=O)[O-]. The van der Waals surface area contributed by atoms with E-state index < -0.39 is 4.92 Å². The molecular weight excluding hydrogens is 360 g/mol. The minimum absolute atomic E-state index is 0.0686. The summed E-state index contributed by atoms with van der Waals surface area (Å²) in [7, 11) is 0. The van der Waals surface area contributed by atoms with Crippen molar-refractivity contribution in [1.82, 2.24) is 9.78 Å². The monoisotopic (exact) mass is 378 g/mol. The van der Waals surface area contributed by atoms with E-state index in [0.29, 0.717) is 17.1 Å². The zero-order valence-corrected chi connectivity index (χ0v) is 15.4. The van der Waals surface area contributed by atoms with E-state index in [-0.39, 0.29) is 23.8 Å². The Morgan fingerprint density at radius 3 is 2.25 bits per heavy atom. The highest BCUT2D eigenvalue weighted by atomic mass is 16.6. The van der Waals surface area contributed by atoms with Crippen LogP contribution in [0.2, 0.25) is 0 Å². The van der Waals surface area contributed by atoms with E-state index in [2.05, 4.69) is 20.6 Å². The van der Waals surface area contributed by atoms with Crippen LogP contribution in [-0.4, -0.2) is 20.6 Å². The summed E-state index contributed by atoms with van der Waals surface area (Å²) in [6.07, 6.45) is 0. The molecule has 1 aromatic heterocycles. The number of carbonyl (C=O) groups excluding carboxylic acids is 1. The van der Waals surface area contributed by atoms with E-state index in [1.165, 1.54) is 4.68 Å². The lowest BCUT2D eigenvalue weighted by molar-refractivity contribution is -0.386. The molecule has 3 aromatic rings. The summed E-state index contributed by atoms with van der Waals surface area (Å²) in [4.78, 5) is 22.8. The highest BCUT2D eigenvalue weighted by Gasteiger charge is 2.22. The molecule has 0 fully saturated rings. The number of hydrogen-bond donors (Lipinski definition) is 1. The lowest BCUT2D eigenvalue weighted by Crippen LogP contribution is -2.20. The lowest BCUT2D eigenvalue weighted by Gasteiger charge is -2.06. The van der Waals surface area contributed by atoms with Crippen LogP contribution in [0, 0.1) is 24.0 Å². The van der Waals surface area contributed by atoms with Crippen molar-refractivity contribution in [3.8, 4) is 0 Å². The molecule has 2 aromatic carbocycles. The molecule has 0 saturated carbocycles. The largest absolute Gasteiger partial charge is 0.324 e. The summed E-state index contributed by atoms with van der Waals surface area (Å²) >= 11 is 0. The van der Waals surface area contributed by atoms with Crippen molar-refractivity contribution in [2.75, 3.05) is 5.32 Å². The first-order valence-electron chi connectivity index (χ1n) is 8.49. The maximum absolute atomic E-state index is 12.2. The molecule has 0 aliphatic heterocycles. The molecule has 1 heterocycles.